The third-order valence-electron chi connectivity index (χ3n) is 3.59. The number of hydrogen-bond acceptors (Lipinski definition) is 4. The third-order valence-corrected chi connectivity index (χ3v) is 4.03. The predicted molar refractivity (Wildman–Crippen MR) is 79.8 cm³/mol. The molecule has 1 fully saturated rings. The van der Waals surface area contributed by atoms with Gasteiger partial charge in [-0.25, -0.2) is 4.98 Å². The van der Waals surface area contributed by atoms with E-state index >= 15 is 0 Å². The van der Waals surface area contributed by atoms with Crippen molar-refractivity contribution in [3.8, 4) is 0 Å². The Hall–Kier alpha value is -0.810. The van der Waals surface area contributed by atoms with E-state index in [0.717, 1.165) is 28.4 Å². The highest BCUT2D eigenvalue weighted by molar-refractivity contribution is 9.10. The van der Waals surface area contributed by atoms with Crippen LogP contribution >= 0.6 is 15.9 Å². The predicted octanol–water partition coefficient (Wildman–Crippen LogP) is 2.20. The Kier molecular flexibility index (Phi) is 4.45. The maximum Gasteiger partial charge on any atom is 0.151 e. The molecule has 0 atom stereocenters. The van der Waals surface area contributed by atoms with Gasteiger partial charge in [0.1, 0.15) is 0 Å². The summed E-state index contributed by atoms with van der Waals surface area (Å²) in [6, 6.07) is 1.91. The Morgan fingerprint density at radius 2 is 2.17 bits per heavy atom. The van der Waals surface area contributed by atoms with E-state index in [1.54, 1.807) is 6.20 Å². The molecule has 0 unspecified atom stereocenters. The number of anilines is 2. The summed E-state index contributed by atoms with van der Waals surface area (Å²) in [5.74, 6) is 1.63. The van der Waals surface area contributed by atoms with E-state index in [9.17, 15) is 0 Å². The smallest absolute Gasteiger partial charge is 0.151 e. The highest BCUT2D eigenvalue weighted by Crippen LogP contribution is 2.25. The van der Waals surface area contributed by atoms with E-state index in [1.807, 2.05) is 6.07 Å². The highest BCUT2D eigenvalue weighted by atomic mass is 79.9. The summed E-state index contributed by atoms with van der Waals surface area (Å²) < 4.78 is 0.927. The molecule has 2 N–H and O–H groups in total. The van der Waals surface area contributed by atoms with Crippen LogP contribution in [0.1, 0.15) is 12.8 Å². The molecule has 0 saturated carbocycles. The molecule has 1 aliphatic rings. The van der Waals surface area contributed by atoms with Gasteiger partial charge in [-0.05, 0) is 60.9 Å². The molecule has 1 aromatic heterocycles. The standard InChI is InChI=1S/C13H21BrN4/c1-17-5-3-10(4-6-17)9-18(2)13-12(15)7-11(14)8-16-13/h7-8,10H,3-6,9,15H2,1-2H3. The molecule has 4 nitrogen and oxygen atoms in total. The van der Waals surface area contributed by atoms with Gasteiger partial charge in [-0.2, -0.15) is 0 Å². The second-order valence-electron chi connectivity index (χ2n) is 5.19. The number of aromatic nitrogens is 1. The third kappa shape index (κ3) is 3.36. The molecular formula is C13H21BrN4. The molecule has 100 valence electrons. The van der Waals surface area contributed by atoms with Crippen molar-refractivity contribution in [3.63, 3.8) is 0 Å². The molecular weight excluding hydrogens is 292 g/mol. The fraction of sp³-hybridized carbons (Fsp3) is 0.615. The molecule has 18 heavy (non-hydrogen) atoms. The van der Waals surface area contributed by atoms with E-state index in [-0.39, 0.29) is 0 Å². The van der Waals surface area contributed by atoms with E-state index in [4.69, 9.17) is 5.73 Å². The largest absolute Gasteiger partial charge is 0.396 e. The van der Waals surface area contributed by atoms with Crippen LogP contribution in [-0.2, 0) is 0 Å². The van der Waals surface area contributed by atoms with Crippen LogP contribution in [0.15, 0.2) is 16.7 Å². The van der Waals surface area contributed by atoms with Crippen molar-refractivity contribution < 1.29 is 0 Å². The maximum absolute atomic E-state index is 6.01. The summed E-state index contributed by atoms with van der Waals surface area (Å²) in [4.78, 5) is 8.97. The van der Waals surface area contributed by atoms with Crippen LogP contribution in [0.5, 0.6) is 0 Å². The zero-order chi connectivity index (χ0) is 13.1. The number of nitrogens with two attached hydrogens (primary N) is 1. The Labute approximate surface area is 117 Å². The van der Waals surface area contributed by atoms with Crippen molar-refractivity contribution in [1.82, 2.24) is 9.88 Å². The number of pyridine rings is 1. The molecule has 0 spiro atoms. The van der Waals surface area contributed by atoms with Gasteiger partial charge >= 0.3 is 0 Å². The number of rotatable bonds is 3. The Morgan fingerprint density at radius 1 is 1.50 bits per heavy atom. The summed E-state index contributed by atoms with van der Waals surface area (Å²) >= 11 is 3.38. The van der Waals surface area contributed by atoms with Crippen molar-refractivity contribution in [2.45, 2.75) is 12.8 Å². The van der Waals surface area contributed by atoms with Crippen LogP contribution in [-0.4, -0.2) is 43.6 Å². The minimum absolute atomic E-state index is 0.736. The minimum Gasteiger partial charge on any atom is -0.396 e. The van der Waals surface area contributed by atoms with E-state index in [1.165, 1.54) is 25.9 Å². The summed E-state index contributed by atoms with van der Waals surface area (Å²) in [6.45, 7) is 3.43. The normalized spacial score (nSPS) is 17.9. The zero-order valence-electron chi connectivity index (χ0n) is 11.1. The first kappa shape index (κ1) is 13.6. The van der Waals surface area contributed by atoms with Gasteiger partial charge < -0.3 is 15.5 Å². The number of hydrogen-bond donors (Lipinski definition) is 1. The molecule has 0 amide bonds. The molecule has 1 aromatic rings. The Morgan fingerprint density at radius 3 is 2.78 bits per heavy atom. The summed E-state index contributed by atoms with van der Waals surface area (Å²) in [5.41, 5.74) is 6.74. The van der Waals surface area contributed by atoms with E-state index in [0.29, 0.717) is 0 Å². The average molecular weight is 313 g/mol. The number of piperidine rings is 1. The van der Waals surface area contributed by atoms with Crippen molar-refractivity contribution >= 4 is 27.4 Å². The summed E-state index contributed by atoms with van der Waals surface area (Å²) in [7, 11) is 4.26. The van der Waals surface area contributed by atoms with E-state index < -0.39 is 0 Å². The van der Waals surface area contributed by atoms with Gasteiger partial charge in [-0.15, -0.1) is 0 Å². The van der Waals surface area contributed by atoms with Crippen LogP contribution in [0.3, 0.4) is 0 Å². The molecule has 5 heteroatoms. The highest BCUT2D eigenvalue weighted by Gasteiger charge is 2.19. The summed E-state index contributed by atoms with van der Waals surface area (Å²) in [6.07, 6.45) is 4.32. The molecule has 1 saturated heterocycles. The van der Waals surface area contributed by atoms with Crippen molar-refractivity contribution in [3.05, 3.63) is 16.7 Å². The van der Waals surface area contributed by atoms with Gasteiger partial charge in [0.2, 0.25) is 0 Å². The summed E-state index contributed by atoms with van der Waals surface area (Å²) in [5, 5.41) is 0. The van der Waals surface area contributed by atoms with E-state index in [2.05, 4.69) is 44.8 Å². The molecule has 2 heterocycles. The number of nitrogens with zero attached hydrogens (tertiary/aromatic N) is 3. The van der Waals surface area contributed by atoms with Crippen LogP contribution < -0.4 is 10.6 Å². The van der Waals surface area contributed by atoms with Crippen LogP contribution in [0.25, 0.3) is 0 Å². The van der Waals surface area contributed by atoms with Crippen LogP contribution in [0.4, 0.5) is 11.5 Å². The molecule has 0 radical (unpaired) electrons. The molecule has 2 rings (SSSR count). The second kappa shape index (κ2) is 5.89. The fourth-order valence-electron chi connectivity index (χ4n) is 2.49. The van der Waals surface area contributed by atoms with Crippen LogP contribution in [0.2, 0.25) is 0 Å². The lowest BCUT2D eigenvalue weighted by atomic mass is 9.97. The number of likely N-dealkylation sites (tertiary alicyclic amines) is 1. The number of nitrogen functional groups attached to an aromatic ring is 1. The van der Waals surface area contributed by atoms with Crippen LogP contribution in [0, 0.1) is 5.92 Å². The zero-order valence-corrected chi connectivity index (χ0v) is 12.7. The molecule has 0 aliphatic carbocycles. The topological polar surface area (TPSA) is 45.4 Å². The second-order valence-corrected chi connectivity index (χ2v) is 6.11. The quantitative estimate of drug-likeness (QED) is 0.929. The lowest BCUT2D eigenvalue weighted by molar-refractivity contribution is 0.222. The maximum atomic E-state index is 6.01. The Balaban J connectivity index is 1.97. The van der Waals surface area contributed by atoms with Gasteiger partial charge in [-0.3, -0.25) is 0 Å². The van der Waals surface area contributed by atoms with Gasteiger partial charge in [0.05, 0.1) is 5.69 Å². The van der Waals surface area contributed by atoms with Gasteiger partial charge in [0.25, 0.3) is 0 Å². The molecule has 0 aromatic carbocycles. The number of halogens is 1. The first-order valence-corrected chi connectivity index (χ1v) is 7.16. The fourth-order valence-corrected chi connectivity index (χ4v) is 2.83. The van der Waals surface area contributed by atoms with Crippen molar-refractivity contribution in [1.29, 1.82) is 0 Å². The Bertz CT molecular complexity index is 402. The van der Waals surface area contributed by atoms with Gasteiger partial charge in [0.15, 0.2) is 5.82 Å². The van der Waals surface area contributed by atoms with Gasteiger partial charge in [0, 0.05) is 24.3 Å². The van der Waals surface area contributed by atoms with Crippen molar-refractivity contribution in [2.75, 3.05) is 44.4 Å². The molecule has 0 bridgehead atoms. The lowest BCUT2D eigenvalue weighted by Gasteiger charge is -2.32. The SMILES string of the molecule is CN1CCC(CN(C)c2ncc(Br)cc2N)CC1. The van der Waals surface area contributed by atoms with Gasteiger partial charge in [-0.1, -0.05) is 0 Å². The first-order chi connectivity index (χ1) is 8.56. The monoisotopic (exact) mass is 312 g/mol. The van der Waals surface area contributed by atoms with Crippen molar-refractivity contribution in [2.24, 2.45) is 5.92 Å². The lowest BCUT2D eigenvalue weighted by Crippen LogP contribution is -2.36. The average Bonchev–Trinajstić information content (AvgIpc) is 2.32. The first-order valence-electron chi connectivity index (χ1n) is 6.37. The minimum atomic E-state index is 0.736. The molecule has 1 aliphatic heterocycles.